The molecule has 1 aromatic carbocycles. The van der Waals surface area contributed by atoms with Crippen molar-refractivity contribution in [3.63, 3.8) is 0 Å². The smallest absolute Gasteiger partial charge is 0.744 e. The molecule has 0 radical (unpaired) electrons. The summed E-state index contributed by atoms with van der Waals surface area (Å²) in [5, 5.41) is 0. The first kappa shape index (κ1) is 22.6. The van der Waals surface area contributed by atoms with Crippen molar-refractivity contribution in [1.29, 1.82) is 0 Å². The van der Waals surface area contributed by atoms with Gasteiger partial charge in [-0.2, -0.15) is 0 Å². The van der Waals surface area contributed by atoms with Crippen molar-refractivity contribution in [2.24, 2.45) is 0 Å². The Morgan fingerprint density at radius 1 is 0.826 bits per heavy atom. The molecule has 0 saturated heterocycles. The van der Waals surface area contributed by atoms with Gasteiger partial charge in [0.1, 0.15) is 10.1 Å². The first-order chi connectivity index (χ1) is 10.6. The van der Waals surface area contributed by atoms with E-state index in [1.165, 1.54) is 57.4 Å². The molecular formula is C18H29CuO3S. The zero-order valence-corrected chi connectivity index (χ0v) is 15.8. The van der Waals surface area contributed by atoms with Crippen LogP contribution in [0.2, 0.25) is 0 Å². The Morgan fingerprint density at radius 3 is 1.83 bits per heavy atom. The van der Waals surface area contributed by atoms with E-state index in [9.17, 15) is 13.0 Å². The van der Waals surface area contributed by atoms with Crippen LogP contribution >= 0.6 is 0 Å². The molecule has 0 fully saturated rings. The van der Waals surface area contributed by atoms with Gasteiger partial charge < -0.3 is 4.55 Å². The monoisotopic (exact) mass is 388 g/mol. The van der Waals surface area contributed by atoms with Crippen LogP contribution in [-0.2, 0) is 33.6 Å². The third-order valence-electron chi connectivity index (χ3n) is 4.04. The minimum atomic E-state index is -4.35. The second kappa shape index (κ2) is 13.0. The van der Waals surface area contributed by atoms with Gasteiger partial charge >= 0.3 is 17.1 Å². The number of rotatable bonds is 12. The van der Waals surface area contributed by atoms with Crippen LogP contribution < -0.4 is 0 Å². The fourth-order valence-corrected chi connectivity index (χ4v) is 3.49. The number of benzene rings is 1. The number of hydrogen-bond donors (Lipinski definition) is 0. The molecule has 0 saturated carbocycles. The Hall–Kier alpha value is -0.351. The Labute approximate surface area is 152 Å². The maximum Gasteiger partial charge on any atom is 1.00 e. The van der Waals surface area contributed by atoms with Gasteiger partial charge in [0.25, 0.3) is 0 Å². The summed E-state index contributed by atoms with van der Waals surface area (Å²) in [4.78, 5) is -0.0501. The molecule has 0 atom stereocenters. The van der Waals surface area contributed by atoms with Crippen molar-refractivity contribution in [2.75, 3.05) is 0 Å². The minimum Gasteiger partial charge on any atom is -0.744 e. The molecule has 0 spiro atoms. The normalized spacial score (nSPS) is 11.2. The Balaban J connectivity index is 0.00000484. The van der Waals surface area contributed by atoms with Crippen LogP contribution in [0.4, 0.5) is 0 Å². The van der Waals surface area contributed by atoms with Gasteiger partial charge in [0, 0.05) is 0 Å². The summed E-state index contributed by atoms with van der Waals surface area (Å²) in [7, 11) is -4.35. The fourth-order valence-electron chi connectivity index (χ4n) is 2.76. The van der Waals surface area contributed by atoms with Crippen molar-refractivity contribution < 1.29 is 30.0 Å². The fraction of sp³-hybridized carbons (Fsp3) is 0.667. The average Bonchev–Trinajstić information content (AvgIpc) is 2.48. The molecular weight excluding hydrogens is 360 g/mol. The molecule has 1 rings (SSSR count). The van der Waals surface area contributed by atoms with Crippen LogP contribution in [0.1, 0.15) is 76.7 Å². The molecule has 0 aromatic heterocycles. The minimum absolute atomic E-state index is 0. The van der Waals surface area contributed by atoms with E-state index in [0.29, 0.717) is 12.0 Å². The van der Waals surface area contributed by atoms with E-state index >= 15 is 0 Å². The van der Waals surface area contributed by atoms with E-state index in [1.807, 2.05) is 0 Å². The van der Waals surface area contributed by atoms with Crippen molar-refractivity contribution in [3.8, 4) is 0 Å². The van der Waals surface area contributed by atoms with Crippen molar-refractivity contribution in [1.82, 2.24) is 0 Å². The van der Waals surface area contributed by atoms with Gasteiger partial charge in [-0.1, -0.05) is 82.9 Å². The SMILES string of the molecule is CCCCCCCCCCCCc1ccccc1S(=O)(=O)[O-].[Cu+]. The summed E-state index contributed by atoms with van der Waals surface area (Å²) in [6.07, 6.45) is 13.2. The zero-order chi connectivity index (χ0) is 16.3. The third-order valence-corrected chi connectivity index (χ3v) is 4.98. The van der Waals surface area contributed by atoms with E-state index < -0.39 is 10.1 Å². The molecule has 5 heteroatoms. The predicted molar refractivity (Wildman–Crippen MR) is 90.0 cm³/mol. The molecule has 0 aliphatic rings. The number of unbranched alkanes of at least 4 members (excludes halogenated alkanes) is 9. The second-order valence-corrected chi connectivity index (χ2v) is 7.34. The first-order valence-corrected chi connectivity index (χ1v) is 10.0. The molecule has 0 amide bonds. The van der Waals surface area contributed by atoms with Crippen LogP contribution in [0.5, 0.6) is 0 Å². The topological polar surface area (TPSA) is 57.2 Å². The summed E-state index contributed by atoms with van der Waals surface area (Å²) < 4.78 is 33.5. The van der Waals surface area contributed by atoms with Crippen molar-refractivity contribution >= 4 is 10.1 Å². The standard InChI is InChI=1S/C18H30O3S.Cu/c1-2-3-4-5-6-7-8-9-10-11-14-17-15-12-13-16-18(17)22(19,20)21;/h12-13,15-16H,2-11,14H2,1H3,(H,19,20,21);/q;+1/p-1. The van der Waals surface area contributed by atoms with Crippen LogP contribution in [0.25, 0.3) is 0 Å². The first-order valence-electron chi connectivity index (χ1n) is 8.59. The maximum atomic E-state index is 11.2. The second-order valence-electron chi connectivity index (χ2n) is 5.99. The van der Waals surface area contributed by atoms with Gasteiger partial charge in [-0.3, -0.25) is 0 Å². The average molecular weight is 389 g/mol. The molecule has 136 valence electrons. The van der Waals surface area contributed by atoms with E-state index in [4.69, 9.17) is 0 Å². The van der Waals surface area contributed by atoms with Crippen LogP contribution in [0, 0.1) is 0 Å². The Morgan fingerprint density at radius 2 is 1.30 bits per heavy atom. The molecule has 0 bridgehead atoms. The Kier molecular flexibility index (Phi) is 12.8. The van der Waals surface area contributed by atoms with E-state index in [0.717, 1.165) is 12.8 Å². The summed E-state index contributed by atoms with van der Waals surface area (Å²) in [6.45, 7) is 2.23. The molecule has 23 heavy (non-hydrogen) atoms. The number of aryl methyl sites for hydroxylation is 1. The van der Waals surface area contributed by atoms with Gasteiger partial charge in [0.05, 0.1) is 4.90 Å². The van der Waals surface area contributed by atoms with Crippen LogP contribution in [-0.4, -0.2) is 13.0 Å². The summed E-state index contributed by atoms with van der Waals surface area (Å²) in [6, 6.07) is 6.56. The van der Waals surface area contributed by atoms with Crippen molar-refractivity contribution in [2.45, 2.75) is 82.4 Å². The summed E-state index contributed by atoms with van der Waals surface area (Å²) in [5.41, 5.74) is 0.664. The molecule has 0 heterocycles. The Bertz CT molecular complexity index is 515. The summed E-state index contributed by atoms with van der Waals surface area (Å²) >= 11 is 0. The number of hydrogen-bond acceptors (Lipinski definition) is 3. The van der Waals surface area contributed by atoms with Gasteiger partial charge in [0.2, 0.25) is 0 Å². The quantitative estimate of drug-likeness (QED) is 0.286. The largest absolute Gasteiger partial charge is 1.00 e. The molecule has 0 N–H and O–H groups in total. The molecule has 0 aliphatic carbocycles. The summed E-state index contributed by atoms with van der Waals surface area (Å²) in [5.74, 6) is 0. The molecule has 0 unspecified atom stereocenters. The van der Waals surface area contributed by atoms with Crippen molar-refractivity contribution in [3.05, 3.63) is 29.8 Å². The van der Waals surface area contributed by atoms with E-state index in [-0.39, 0.29) is 22.0 Å². The molecule has 3 nitrogen and oxygen atoms in total. The van der Waals surface area contributed by atoms with Gasteiger partial charge in [-0.15, -0.1) is 0 Å². The zero-order valence-electron chi connectivity index (χ0n) is 14.0. The van der Waals surface area contributed by atoms with Gasteiger partial charge in [-0.25, -0.2) is 8.42 Å². The molecule has 0 aliphatic heterocycles. The molecule has 1 aromatic rings. The van der Waals surface area contributed by atoms with Crippen LogP contribution in [0.3, 0.4) is 0 Å². The van der Waals surface area contributed by atoms with E-state index in [1.54, 1.807) is 18.2 Å². The third kappa shape index (κ3) is 10.2. The predicted octanol–water partition coefficient (Wildman–Crippen LogP) is 5.05. The van der Waals surface area contributed by atoms with Crippen LogP contribution in [0.15, 0.2) is 29.2 Å². The van der Waals surface area contributed by atoms with Gasteiger partial charge in [0.15, 0.2) is 0 Å². The van der Waals surface area contributed by atoms with Gasteiger partial charge in [-0.05, 0) is 24.5 Å². The maximum absolute atomic E-state index is 11.2. The van der Waals surface area contributed by atoms with E-state index in [2.05, 4.69) is 6.92 Å².